The summed E-state index contributed by atoms with van der Waals surface area (Å²) in [5.41, 5.74) is 3.73. The fourth-order valence-corrected chi connectivity index (χ4v) is 1.10. The molecule has 0 aliphatic rings. The Morgan fingerprint density at radius 3 is 1.89 bits per heavy atom. The zero-order valence-corrected chi connectivity index (χ0v) is 11.5. The van der Waals surface area contributed by atoms with Gasteiger partial charge in [0, 0.05) is 12.1 Å². The van der Waals surface area contributed by atoms with E-state index >= 15 is 0 Å². The fraction of sp³-hybridized carbons (Fsp3) is 0.727. The normalized spacial score (nSPS) is 11.6. The summed E-state index contributed by atoms with van der Waals surface area (Å²) in [6.07, 6.45) is 0. The molecule has 4 amide bonds. The minimum Gasteiger partial charge on any atom is -0.361 e. The minimum absolute atomic E-state index is 0.175. The van der Waals surface area contributed by atoms with Crippen molar-refractivity contribution >= 4 is 17.8 Å². The second-order valence-electron chi connectivity index (χ2n) is 5.76. The van der Waals surface area contributed by atoms with Crippen molar-refractivity contribution in [2.24, 2.45) is 5.73 Å². The number of nitrogens with two attached hydrogens (primary N) is 1. The van der Waals surface area contributed by atoms with Crippen LogP contribution in [0.2, 0.25) is 0 Å². The van der Waals surface area contributed by atoms with Gasteiger partial charge >= 0.3 is 17.8 Å². The molecular formula is C11H22N4O3. The van der Waals surface area contributed by atoms with E-state index in [-0.39, 0.29) is 18.1 Å². The van der Waals surface area contributed by atoms with E-state index in [2.05, 4.69) is 16.0 Å². The van der Waals surface area contributed by atoms with Gasteiger partial charge in [-0.15, -0.1) is 0 Å². The van der Waals surface area contributed by atoms with Crippen molar-refractivity contribution in [1.29, 1.82) is 0 Å². The average molecular weight is 258 g/mol. The molecule has 0 bridgehead atoms. The van der Waals surface area contributed by atoms with Gasteiger partial charge in [-0.3, -0.25) is 9.59 Å². The second kappa shape index (κ2) is 5.70. The first kappa shape index (κ1) is 16.2. The largest absolute Gasteiger partial charge is 0.361 e. The van der Waals surface area contributed by atoms with Gasteiger partial charge in [-0.05, 0) is 34.6 Å². The lowest BCUT2D eigenvalue weighted by Gasteiger charge is -2.27. The number of rotatable bonds is 3. The van der Waals surface area contributed by atoms with Crippen LogP contribution in [0.3, 0.4) is 0 Å². The SMILES string of the molecule is CC(C)(C)NC(=O)NCC(C)(C)NC(=O)C(N)=O. The molecule has 0 aliphatic heterocycles. The first-order valence-electron chi connectivity index (χ1n) is 5.61. The number of hydrogen-bond donors (Lipinski definition) is 4. The van der Waals surface area contributed by atoms with E-state index in [1.165, 1.54) is 0 Å². The maximum Gasteiger partial charge on any atom is 0.315 e. The van der Waals surface area contributed by atoms with Crippen LogP contribution in [-0.2, 0) is 9.59 Å². The zero-order chi connectivity index (χ0) is 14.6. The number of urea groups is 1. The molecule has 0 rings (SSSR count). The molecule has 7 heteroatoms. The summed E-state index contributed by atoms with van der Waals surface area (Å²) < 4.78 is 0. The van der Waals surface area contributed by atoms with Crippen LogP contribution < -0.4 is 21.7 Å². The smallest absolute Gasteiger partial charge is 0.315 e. The quantitative estimate of drug-likeness (QED) is 0.510. The third-order valence-corrected chi connectivity index (χ3v) is 1.86. The van der Waals surface area contributed by atoms with Gasteiger partial charge in [-0.2, -0.15) is 0 Å². The topological polar surface area (TPSA) is 113 Å². The van der Waals surface area contributed by atoms with Gasteiger partial charge in [-0.25, -0.2) is 4.79 Å². The molecule has 0 aromatic heterocycles. The van der Waals surface area contributed by atoms with Crippen LogP contribution in [0.4, 0.5) is 4.79 Å². The van der Waals surface area contributed by atoms with Gasteiger partial charge in [0.2, 0.25) is 0 Å². The average Bonchev–Trinajstić information content (AvgIpc) is 2.11. The molecule has 0 saturated heterocycles. The Labute approximate surface area is 107 Å². The standard InChI is InChI=1S/C11H22N4O3/c1-10(2,3)15-9(18)13-6-11(4,5)14-8(17)7(12)16/h6H2,1-5H3,(H2,12,16)(H,14,17)(H2,13,15,18). The molecule has 0 radical (unpaired) electrons. The van der Waals surface area contributed by atoms with E-state index < -0.39 is 17.4 Å². The number of carbonyl (C=O) groups excluding carboxylic acids is 3. The van der Waals surface area contributed by atoms with Crippen molar-refractivity contribution in [3.63, 3.8) is 0 Å². The Morgan fingerprint density at radius 1 is 1.00 bits per heavy atom. The number of carbonyl (C=O) groups is 3. The first-order chi connectivity index (χ1) is 7.93. The maximum absolute atomic E-state index is 11.5. The minimum atomic E-state index is -1.05. The summed E-state index contributed by atoms with van der Waals surface area (Å²) in [5, 5.41) is 7.74. The first-order valence-corrected chi connectivity index (χ1v) is 5.61. The van der Waals surface area contributed by atoms with Crippen LogP contribution in [0.25, 0.3) is 0 Å². The van der Waals surface area contributed by atoms with E-state index in [0.29, 0.717) is 0 Å². The molecule has 0 aliphatic carbocycles. The Kier molecular flexibility index (Phi) is 5.13. The highest BCUT2D eigenvalue weighted by molar-refractivity contribution is 6.34. The lowest BCUT2D eigenvalue weighted by atomic mass is 10.1. The van der Waals surface area contributed by atoms with Gasteiger partial charge < -0.3 is 21.7 Å². The molecule has 0 aromatic carbocycles. The van der Waals surface area contributed by atoms with E-state index in [1.807, 2.05) is 20.8 Å². The Balaban J connectivity index is 4.23. The third kappa shape index (κ3) is 7.48. The highest BCUT2D eigenvalue weighted by atomic mass is 16.2. The number of hydrogen-bond acceptors (Lipinski definition) is 3. The third-order valence-electron chi connectivity index (χ3n) is 1.86. The predicted octanol–water partition coefficient (Wildman–Crippen LogP) is -0.536. The van der Waals surface area contributed by atoms with Gasteiger partial charge in [0.25, 0.3) is 0 Å². The van der Waals surface area contributed by atoms with Crippen molar-refractivity contribution in [1.82, 2.24) is 16.0 Å². The van der Waals surface area contributed by atoms with Crippen molar-refractivity contribution < 1.29 is 14.4 Å². The second-order valence-corrected chi connectivity index (χ2v) is 5.76. The predicted molar refractivity (Wildman–Crippen MR) is 67.7 cm³/mol. The molecule has 0 aromatic rings. The van der Waals surface area contributed by atoms with E-state index in [9.17, 15) is 14.4 Å². The Morgan fingerprint density at radius 2 is 1.50 bits per heavy atom. The Bertz CT molecular complexity index is 345. The van der Waals surface area contributed by atoms with E-state index in [0.717, 1.165) is 0 Å². The molecule has 7 nitrogen and oxygen atoms in total. The molecule has 0 heterocycles. The van der Waals surface area contributed by atoms with E-state index in [4.69, 9.17) is 5.73 Å². The maximum atomic E-state index is 11.5. The molecule has 0 unspecified atom stereocenters. The molecule has 0 fully saturated rings. The number of primary amides is 1. The van der Waals surface area contributed by atoms with Crippen molar-refractivity contribution in [2.45, 2.75) is 45.7 Å². The molecule has 18 heavy (non-hydrogen) atoms. The monoisotopic (exact) mass is 258 g/mol. The summed E-state index contributed by atoms with van der Waals surface area (Å²) in [6.45, 7) is 9.08. The number of nitrogens with one attached hydrogen (secondary N) is 3. The highest BCUT2D eigenvalue weighted by Gasteiger charge is 2.24. The molecular weight excluding hydrogens is 236 g/mol. The Hall–Kier alpha value is -1.79. The van der Waals surface area contributed by atoms with Crippen molar-refractivity contribution in [3.8, 4) is 0 Å². The van der Waals surface area contributed by atoms with E-state index in [1.54, 1.807) is 13.8 Å². The lowest BCUT2D eigenvalue weighted by molar-refractivity contribution is -0.138. The summed E-state index contributed by atoms with van der Waals surface area (Å²) >= 11 is 0. The molecule has 104 valence electrons. The van der Waals surface area contributed by atoms with Gasteiger partial charge in [0.15, 0.2) is 0 Å². The van der Waals surface area contributed by atoms with Gasteiger partial charge in [0.1, 0.15) is 0 Å². The molecule has 0 saturated carbocycles. The summed E-state index contributed by atoms with van der Waals surface area (Å²) in [7, 11) is 0. The van der Waals surface area contributed by atoms with Crippen LogP contribution in [0.5, 0.6) is 0 Å². The molecule has 0 atom stereocenters. The lowest BCUT2D eigenvalue weighted by Crippen LogP contribution is -2.56. The number of amides is 4. The summed E-state index contributed by atoms with van der Waals surface area (Å²) in [4.78, 5) is 33.2. The summed E-state index contributed by atoms with van der Waals surface area (Å²) in [5.74, 6) is -1.93. The van der Waals surface area contributed by atoms with Crippen molar-refractivity contribution in [2.75, 3.05) is 6.54 Å². The highest BCUT2D eigenvalue weighted by Crippen LogP contribution is 2.01. The van der Waals surface area contributed by atoms with Crippen LogP contribution >= 0.6 is 0 Å². The van der Waals surface area contributed by atoms with Crippen LogP contribution in [0, 0.1) is 0 Å². The van der Waals surface area contributed by atoms with Gasteiger partial charge in [0.05, 0.1) is 5.54 Å². The van der Waals surface area contributed by atoms with Crippen LogP contribution in [-0.4, -0.2) is 35.5 Å². The van der Waals surface area contributed by atoms with Crippen LogP contribution in [0.15, 0.2) is 0 Å². The molecule has 0 spiro atoms. The van der Waals surface area contributed by atoms with Crippen molar-refractivity contribution in [3.05, 3.63) is 0 Å². The fourth-order valence-electron chi connectivity index (χ4n) is 1.10. The molecule has 5 N–H and O–H groups in total. The van der Waals surface area contributed by atoms with Crippen LogP contribution in [0.1, 0.15) is 34.6 Å². The zero-order valence-electron chi connectivity index (χ0n) is 11.5. The van der Waals surface area contributed by atoms with Gasteiger partial charge in [-0.1, -0.05) is 0 Å². The summed E-state index contributed by atoms with van der Waals surface area (Å²) in [6, 6.07) is -0.344.